The van der Waals surface area contributed by atoms with Gasteiger partial charge in [0.1, 0.15) is 18.3 Å². The molecule has 0 aliphatic carbocycles. The van der Waals surface area contributed by atoms with Gasteiger partial charge in [-0.15, -0.1) is 0 Å². The fraction of sp³-hybridized carbons (Fsp3) is 0.310. The molecule has 3 aromatic rings. The number of methoxy groups -OCH3 is 2. The van der Waals surface area contributed by atoms with E-state index in [9.17, 15) is 18.0 Å². The standard InChI is InChI=1S/C29H34BrN3O7S/c1-6-40-24-13-11-23(12-14-24)33(41(36,37)25-15-16-26(38-4)27(17-25)39-5)19-28(34)32(20(2)29(35)31-3)18-21-7-9-22(30)10-8-21/h7-17,20H,6,18-19H2,1-5H3,(H,31,35). The highest BCUT2D eigenvalue weighted by atomic mass is 79.9. The van der Waals surface area contributed by atoms with Crippen molar-refractivity contribution in [1.82, 2.24) is 10.2 Å². The highest BCUT2D eigenvalue weighted by molar-refractivity contribution is 9.10. The third-order valence-electron chi connectivity index (χ3n) is 6.34. The van der Waals surface area contributed by atoms with E-state index >= 15 is 0 Å². The molecule has 1 atom stereocenters. The molecular formula is C29H34BrN3O7S. The minimum atomic E-state index is -4.29. The smallest absolute Gasteiger partial charge is 0.264 e. The fourth-order valence-electron chi connectivity index (χ4n) is 4.09. The van der Waals surface area contributed by atoms with Crippen molar-refractivity contribution in [3.63, 3.8) is 0 Å². The predicted octanol–water partition coefficient (Wildman–Crippen LogP) is 4.22. The Hall–Kier alpha value is -3.77. The summed E-state index contributed by atoms with van der Waals surface area (Å²) in [5, 5.41) is 2.57. The lowest BCUT2D eigenvalue weighted by molar-refractivity contribution is -0.139. The molecule has 3 aromatic carbocycles. The number of ether oxygens (including phenoxy) is 3. The molecule has 220 valence electrons. The highest BCUT2D eigenvalue weighted by Crippen LogP contribution is 2.33. The van der Waals surface area contributed by atoms with Crippen molar-refractivity contribution < 1.29 is 32.2 Å². The van der Waals surface area contributed by atoms with Crippen molar-refractivity contribution in [2.45, 2.75) is 31.3 Å². The Morgan fingerprint density at radius 2 is 1.59 bits per heavy atom. The zero-order chi connectivity index (χ0) is 30.2. The molecule has 0 saturated heterocycles. The van der Waals surface area contributed by atoms with E-state index < -0.39 is 28.5 Å². The molecule has 1 unspecified atom stereocenters. The lowest BCUT2D eigenvalue weighted by atomic mass is 10.1. The number of carbonyl (C=O) groups is 2. The van der Waals surface area contributed by atoms with Gasteiger partial charge in [-0.3, -0.25) is 13.9 Å². The van der Waals surface area contributed by atoms with Gasteiger partial charge in [-0.2, -0.15) is 0 Å². The quantitative estimate of drug-likeness (QED) is 0.295. The van der Waals surface area contributed by atoms with E-state index in [1.165, 1.54) is 44.4 Å². The maximum absolute atomic E-state index is 14.1. The zero-order valence-electron chi connectivity index (χ0n) is 23.6. The number of nitrogens with one attached hydrogen (secondary N) is 1. The molecule has 41 heavy (non-hydrogen) atoms. The molecule has 3 rings (SSSR count). The molecule has 0 radical (unpaired) electrons. The average Bonchev–Trinajstić information content (AvgIpc) is 2.98. The number of benzene rings is 3. The summed E-state index contributed by atoms with van der Waals surface area (Å²) in [7, 11) is 0.0422. The van der Waals surface area contributed by atoms with E-state index in [4.69, 9.17) is 14.2 Å². The van der Waals surface area contributed by atoms with Gasteiger partial charge in [0.15, 0.2) is 11.5 Å². The summed E-state index contributed by atoms with van der Waals surface area (Å²) in [6, 6.07) is 17.0. The van der Waals surface area contributed by atoms with E-state index in [1.54, 1.807) is 31.2 Å². The normalized spacial score (nSPS) is 11.8. The number of hydrogen-bond acceptors (Lipinski definition) is 7. The van der Waals surface area contributed by atoms with Crippen LogP contribution in [0.5, 0.6) is 17.2 Å². The first-order valence-corrected chi connectivity index (χ1v) is 15.0. The van der Waals surface area contributed by atoms with Crippen LogP contribution in [0.4, 0.5) is 5.69 Å². The number of amides is 2. The van der Waals surface area contributed by atoms with Gasteiger partial charge >= 0.3 is 0 Å². The summed E-state index contributed by atoms with van der Waals surface area (Å²) in [5.41, 5.74) is 1.01. The number of carbonyl (C=O) groups excluding carboxylic acids is 2. The molecule has 2 amide bonds. The molecule has 0 fully saturated rings. The number of sulfonamides is 1. The molecule has 0 saturated carbocycles. The average molecular weight is 649 g/mol. The summed E-state index contributed by atoms with van der Waals surface area (Å²) < 4.78 is 46.1. The fourth-order valence-corrected chi connectivity index (χ4v) is 5.78. The Morgan fingerprint density at radius 3 is 2.15 bits per heavy atom. The van der Waals surface area contributed by atoms with E-state index in [0.717, 1.165) is 14.3 Å². The third-order valence-corrected chi connectivity index (χ3v) is 8.64. The molecule has 0 aliphatic rings. The molecule has 12 heteroatoms. The second-order valence-corrected chi connectivity index (χ2v) is 11.7. The first-order chi connectivity index (χ1) is 19.5. The van der Waals surface area contributed by atoms with Crippen molar-refractivity contribution in [1.29, 1.82) is 0 Å². The topological polar surface area (TPSA) is 114 Å². The summed E-state index contributed by atoms with van der Waals surface area (Å²) >= 11 is 3.40. The SMILES string of the molecule is CCOc1ccc(N(CC(=O)N(Cc2ccc(Br)cc2)C(C)C(=O)NC)S(=O)(=O)c2ccc(OC)c(OC)c2)cc1. The van der Waals surface area contributed by atoms with Gasteiger partial charge < -0.3 is 24.4 Å². The van der Waals surface area contributed by atoms with Crippen LogP contribution in [0.25, 0.3) is 0 Å². The molecule has 0 spiro atoms. The van der Waals surface area contributed by atoms with Crippen LogP contribution < -0.4 is 23.8 Å². The second kappa shape index (κ2) is 14.2. The number of likely N-dealkylation sites (N-methyl/N-ethyl adjacent to an activating group) is 1. The lowest BCUT2D eigenvalue weighted by Crippen LogP contribution is -2.50. The summed E-state index contributed by atoms with van der Waals surface area (Å²) in [4.78, 5) is 27.8. The van der Waals surface area contributed by atoms with Gasteiger partial charge in [-0.1, -0.05) is 28.1 Å². The number of nitrogens with zero attached hydrogens (tertiary/aromatic N) is 2. The van der Waals surface area contributed by atoms with Crippen molar-refractivity contribution >= 4 is 43.5 Å². The molecular weight excluding hydrogens is 614 g/mol. The summed E-state index contributed by atoms with van der Waals surface area (Å²) in [6.07, 6.45) is 0. The first kappa shape index (κ1) is 31.8. The second-order valence-electron chi connectivity index (χ2n) is 8.89. The Bertz CT molecular complexity index is 1450. The van der Waals surface area contributed by atoms with Gasteiger partial charge in [0.25, 0.3) is 10.0 Å². The lowest BCUT2D eigenvalue weighted by Gasteiger charge is -2.32. The van der Waals surface area contributed by atoms with Gasteiger partial charge in [-0.25, -0.2) is 8.42 Å². The molecule has 0 aromatic heterocycles. The number of rotatable bonds is 13. The number of hydrogen-bond donors (Lipinski definition) is 1. The van der Waals surface area contributed by atoms with E-state index in [2.05, 4.69) is 21.2 Å². The van der Waals surface area contributed by atoms with Crippen LogP contribution in [0.2, 0.25) is 0 Å². The van der Waals surface area contributed by atoms with Crippen LogP contribution in [-0.2, 0) is 26.2 Å². The van der Waals surface area contributed by atoms with E-state index in [1.807, 2.05) is 31.2 Å². The largest absolute Gasteiger partial charge is 0.494 e. The van der Waals surface area contributed by atoms with Crippen molar-refractivity contribution in [2.75, 3.05) is 38.7 Å². The molecule has 0 heterocycles. The summed E-state index contributed by atoms with van der Waals surface area (Å²) in [6.45, 7) is 3.40. The third kappa shape index (κ3) is 7.70. The zero-order valence-corrected chi connectivity index (χ0v) is 26.0. The molecule has 1 N–H and O–H groups in total. The minimum absolute atomic E-state index is 0.0915. The number of halogens is 1. The van der Waals surface area contributed by atoms with Crippen LogP contribution in [0.15, 0.2) is 76.1 Å². The van der Waals surface area contributed by atoms with Crippen molar-refractivity contribution in [3.8, 4) is 17.2 Å². The van der Waals surface area contributed by atoms with Crippen LogP contribution in [0, 0.1) is 0 Å². The maximum atomic E-state index is 14.1. The Kier molecular flexibility index (Phi) is 11.0. The van der Waals surface area contributed by atoms with E-state index in [-0.39, 0.29) is 28.8 Å². The predicted molar refractivity (Wildman–Crippen MR) is 160 cm³/mol. The van der Waals surface area contributed by atoms with Crippen LogP contribution in [-0.4, -0.2) is 65.6 Å². The van der Waals surface area contributed by atoms with Crippen LogP contribution in [0.1, 0.15) is 19.4 Å². The van der Waals surface area contributed by atoms with Crippen LogP contribution in [0.3, 0.4) is 0 Å². The van der Waals surface area contributed by atoms with Gasteiger partial charge in [0, 0.05) is 24.1 Å². The molecule has 0 bridgehead atoms. The number of anilines is 1. The van der Waals surface area contributed by atoms with Crippen LogP contribution >= 0.6 is 15.9 Å². The summed E-state index contributed by atoms with van der Waals surface area (Å²) in [5.74, 6) is 0.177. The van der Waals surface area contributed by atoms with Gasteiger partial charge in [0.05, 0.1) is 31.4 Å². The monoisotopic (exact) mass is 647 g/mol. The Morgan fingerprint density at radius 1 is 0.951 bits per heavy atom. The van der Waals surface area contributed by atoms with Gasteiger partial charge in [0.2, 0.25) is 11.8 Å². The maximum Gasteiger partial charge on any atom is 0.264 e. The van der Waals surface area contributed by atoms with Crippen molar-refractivity contribution in [2.24, 2.45) is 0 Å². The van der Waals surface area contributed by atoms with Gasteiger partial charge in [-0.05, 0) is 67.9 Å². The first-order valence-electron chi connectivity index (χ1n) is 12.8. The Balaban J connectivity index is 2.07. The van der Waals surface area contributed by atoms with E-state index in [0.29, 0.717) is 18.1 Å². The molecule has 0 aliphatic heterocycles. The minimum Gasteiger partial charge on any atom is -0.494 e. The Labute approximate surface area is 249 Å². The van der Waals surface area contributed by atoms with Crippen molar-refractivity contribution in [3.05, 3.63) is 76.8 Å². The highest BCUT2D eigenvalue weighted by Gasteiger charge is 2.33. The molecule has 10 nitrogen and oxygen atoms in total.